The van der Waals surface area contributed by atoms with Crippen LogP contribution in [-0.2, 0) is 24.1 Å². The SMILES string of the molecule is C=C(C)[C@@H]1CC[C@]2(NCCN3CCC(S(=O)(=O)C(C)C)CC3)CC[C@@]3(C)[C@]4(C)CC[C@H]5C(C)(C)C(OS(=O)(=O)C(F)(F)F)=CC[C@]5(C)[C@H]4CC[C@]3(C)[C@@H]12. The predicted octanol–water partition coefficient (Wildman–Crippen LogP) is 9.02. The van der Waals surface area contributed by atoms with E-state index in [0.29, 0.717) is 37.0 Å². The van der Waals surface area contributed by atoms with Gasteiger partial charge in [0, 0.05) is 24.0 Å². The maximum Gasteiger partial charge on any atom is 0.534 e. The Hall–Kier alpha value is -1.11. The molecular weight excluding hydrogens is 722 g/mol. The topological polar surface area (TPSA) is 92.8 Å². The maximum absolute atomic E-state index is 13.4. The molecule has 1 heterocycles. The van der Waals surface area contributed by atoms with Crippen LogP contribution in [-0.4, -0.2) is 69.5 Å². The van der Waals surface area contributed by atoms with Crippen molar-refractivity contribution in [1.82, 2.24) is 10.2 Å². The van der Waals surface area contributed by atoms with Crippen molar-refractivity contribution in [2.75, 3.05) is 26.2 Å². The monoisotopic (exact) mass is 788 g/mol. The van der Waals surface area contributed by atoms with Crippen LogP contribution in [0.25, 0.3) is 0 Å². The zero-order valence-corrected chi connectivity index (χ0v) is 35.4. The van der Waals surface area contributed by atoms with E-state index in [0.717, 1.165) is 77.5 Å². The molecule has 1 N–H and O–H groups in total. The number of halogens is 3. The van der Waals surface area contributed by atoms with Crippen molar-refractivity contribution in [1.29, 1.82) is 0 Å². The summed E-state index contributed by atoms with van der Waals surface area (Å²) in [6.45, 7) is 27.5. The molecule has 0 amide bonds. The van der Waals surface area contributed by atoms with Crippen LogP contribution < -0.4 is 5.32 Å². The number of alkyl halides is 3. The standard InChI is InChI=1S/C41H67F3N2O5S2/c1-27(2)30-11-20-40(45-23-26-46-24-15-29(16-25-46)52(47,48)28(3)4)22-21-39(10)37(8)18-12-31-35(5,6)33(51-53(49,50)41(42,43)44)14-17-36(31,7)32(37)13-19-38(39,9)34(30)40/h14,28-32,34,45H,1,11-13,15-26H2,2-10H3/t30-,31-,32+,34+,36-,37+,38+,39-,40-/m0/s1. The minimum Gasteiger partial charge on any atom is -0.380 e. The van der Waals surface area contributed by atoms with Crippen molar-refractivity contribution in [2.45, 2.75) is 154 Å². The summed E-state index contributed by atoms with van der Waals surface area (Å²) in [4.78, 5) is 2.44. The number of rotatable bonds is 9. The highest BCUT2D eigenvalue weighted by atomic mass is 32.2. The van der Waals surface area contributed by atoms with Crippen LogP contribution in [0, 0.1) is 50.7 Å². The quantitative estimate of drug-likeness (QED) is 0.142. The highest BCUT2D eigenvalue weighted by Gasteiger charge is 2.74. The van der Waals surface area contributed by atoms with Crippen LogP contribution in [0.4, 0.5) is 13.2 Å². The van der Waals surface area contributed by atoms with E-state index in [-0.39, 0.29) is 49.4 Å². The molecule has 0 unspecified atom stereocenters. The molecule has 6 aliphatic rings. The minimum atomic E-state index is -5.75. The zero-order valence-electron chi connectivity index (χ0n) is 33.8. The van der Waals surface area contributed by atoms with Gasteiger partial charge in [-0.25, -0.2) is 8.42 Å². The van der Waals surface area contributed by atoms with E-state index in [4.69, 9.17) is 4.18 Å². The lowest BCUT2D eigenvalue weighted by Gasteiger charge is -2.75. The van der Waals surface area contributed by atoms with Gasteiger partial charge in [-0.2, -0.15) is 21.6 Å². The number of nitrogens with one attached hydrogen (secondary N) is 1. The van der Waals surface area contributed by atoms with Crippen LogP contribution in [0.5, 0.6) is 0 Å². The largest absolute Gasteiger partial charge is 0.534 e. The number of nitrogens with zero attached hydrogens (tertiary/aromatic N) is 1. The summed E-state index contributed by atoms with van der Waals surface area (Å²) < 4.78 is 95.0. The molecule has 6 rings (SSSR count). The van der Waals surface area contributed by atoms with Crippen molar-refractivity contribution in [3.8, 4) is 0 Å². The lowest BCUT2D eigenvalue weighted by Crippen LogP contribution is -2.71. The number of allylic oxidation sites excluding steroid dienone is 3. The predicted molar refractivity (Wildman–Crippen MR) is 205 cm³/mol. The molecule has 0 aromatic rings. The summed E-state index contributed by atoms with van der Waals surface area (Å²) in [5.41, 5.74) is -5.25. The Bertz CT molecular complexity index is 1700. The fourth-order valence-electron chi connectivity index (χ4n) is 14.2. The average molecular weight is 789 g/mol. The van der Waals surface area contributed by atoms with Crippen LogP contribution in [0.2, 0.25) is 0 Å². The highest BCUT2D eigenvalue weighted by molar-refractivity contribution is 7.92. The Labute approximate surface area is 318 Å². The van der Waals surface area contributed by atoms with E-state index in [9.17, 15) is 30.0 Å². The molecule has 5 aliphatic carbocycles. The molecule has 4 saturated carbocycles. The van der Waals surface area contributed by atoms with Crippen molar-refractivity contribution in [2.24, 2.45) is 50.7 Å². The summed E-state index contributed by atoms with van der Waals surface area (Å²) in [6.07, 6.45) is 11.9. The van der Waals surface area contributed by atoms with Crippen molar-refractivity contribution < 1.29 is 34.2 Å². The molecule has 0 aromatic carbocycles. The summed E-state index contributed by atoms with van der Waals surface area (Å²) >= 11 is 0. The van der Waals surface area contributed by atoms with Crippen LogP contribution in [0.15, 0.2) is 24.0 Å². The molecular formula is C41H67F3N2O5S2. The van der Waals surface area contributed by atoms with Crippen molar-refractivity contribution in [3.63, 3.8) is 0 Å². The second-order valence-corrected chi connectivity index (χ2v) is 24.4. The molecule has 304 valence electrons. The Balaban J connectivity index is 1.24. The molecule has 1 aliphatic heterocycles. The van der Waals surface area contributed by atoms with Crippen LogP contribution >= 0.6 is 0 Å². The molecule has 1 saturated heterocycles. The lowest BCUT2D eigenvalue weighted by molar-refractivity contribution is -0.258. The molecule has 7 nitrogen and oxygen atoms in total. The minimum absolute atomic E-state index is 0.00721. The summed E-state index contributed by atoms with van der Waals surface area (Å²) in [7, 11) is -8.83. The average Bonchev–Trinajstić information content (AvgIpc) is 3.44. The smallest absolute Gasteiger partial charge is 0.380 e. The molecule has 0 radical (unpaired) electrons. The van der Waals surface area contributed by atoms with Gasteiger partial charge in [0.2, 0.25) is 0 Å². The molecule has 9 atom stereocenters. The van der Waals surface area contributed by atoms with Gasteiger partial charge < -0.3 is 14.4 Å². The Kier molecular flexibility index (Phi) is 10.4. The summed E-state index contributed by atoms with van der Waals surface area (Å²) in [5, 5.41) is 3.63. The van der Waals surface area contributed by atoms with Crippen LogP contribution in [0.3, 0.4) is 0 Å². The normalized spacial score (nSPS) is 42.2. The van der Waals surface area contributed by atoms with E-state index in [2.05, 4.69) is 51.4 Å². The Morgan fingerprint density at radius 2 is 1.51 bits per heavy atom. The van der Waals surface area contributed by atoms with Crippen LogP contribution in [0.1, 0.15) is 133 Å². The number of hydrogen-bond donors (Lipinski definition) is 1. The Morgan fingerprint density at radius 3 is 2.09 bits per heavy atom. The van der Waals surface area contributed by atoms with E-state index >= 15 is 0 Å². The van der Waals surface area contributed by atoms with E-state index in [1.807, 2.05) is 13.8 Å². The zero-order chi connectivity index (χ0) is 39.4. The first-order chi connectivity index (χ1) is 24.2. The number of hydrogen-bond acceptors (Lipinski definition) is 7. The number of likely N-dealkylation sites (tertiary alicyclic amines) is 1. The molecule has 5 fully saturated rings. The number of sulfone groups is 1. The summed E-state index contributed by atoms with van der Waals surface area (Å²) in [5.74, 6) is 1.09. The second kappa shape index (κ2) is 13.2. The summed E-state index contributed by atoms with van der Waals surface area (Å²) in [6, 6.07) is 0. The van der Waals surface area contributed by atoms with Gasteiger partial charge >= 0.3 is 15.6 Å². The lowest BCUT2D eigenvalue weighted by atomic mass is 9.29. The van der Waals surface area contributed by atoms with Gasteiger partial charge in [0.1, 0.15) is 5.76 Å². The highest BCUT2D eigenvalue weighted by Crippen LogP contribution is 2.80. The van der Waals surface area contributed by atoms with E-state index in [1.165, 1.54) is 5.57 Å². The third-order valence-electron chi connectivity index (χ3n) is 17.4. The first-order valence-corrected chi connectivity index (χ1v) is 23.3. The van der Waals surface area contributed by atoms with Gasteiger partial charge in [-0.05, 0) is 156 Å². The Morgan fingerprint density at radius 1 is 0.906 bits per heavy atom. The first kappa shape index (κ1) is 41.5. The third-order valence-corrected chi connectivity index (χ3v) is 21.0. The van der Waals surface area contributed by atoms with Crippen molar-refractivity contribution >= 4 is 20.0 Å². The van der Waals surface area contributed by atoms with Gasteiger partial charge in [0.15, 0.2) is 9.84 Å². The van der Waals surface area contributed by atoms with Gasteiger partial charge in [-0.15, -0.1) is 0 Å². The van der Waals surface area contributed by atoms with Gasteiger partial charge in [-0.1, -0.05) is 53.7 Å². The fourth-order valence-corrected chi connectivity index (χ4v) is 16.5. The first-order valence-electron chi connectivity index (χ1n) is 20.3. The van der Waals surface area contributed by atoms with E-state index < -0.39 is 30.9 Å². The second-order valence-electron chi connectivity index (χ2n) is 20.1. The van der Waals surface area contributed by atoms with Gasteiger partial charge in [0.05, 0.1) is 10.5 Å². The fraction of sp³-hybridized carbons (Fsp3) is 0.902. The van der Waals surface area contributed by atoms with Gasteiger partial charge in [-0.3, -0.25) is 0 Å². The molecule has 0 aromatic heterocycles. The molecule has 53 heavy (non-hydrogen) atoms. The molecule has 12 heteroatoms. The molecule has 0 bridgehead atoms. The number of piperidine rings is 1. The third kappa shape index (κ3) is 6.13. The van der Waals surface area contributed by atoms with Gasteiger partial charge in [0.25, 0.3) is 0 Å². The maximum atomic E-state index is 13.4. The molecule has 0 spiro atoms. The number of fused-ring (bicyclic) bond motifs is 7. The van der Waals surface area contributed by atoms with Crippen molar-refractivity contribution in [3.05, 3.63) is 24.0 Å². The van der Waals surface area contributed by atoms with E-state index in [1.54, 1.807) is 19.9 Å².